The summed E-state index contributed by atoms with van der Waals surface area (Å²) in [5.74, 6) is 2.66. The molecule has 1 aliphatic rings. The smallest absolute Gasteiger partial charge is 0.214 e. The lowest BCUT2D eigenvalue weighted by atomic mass is 10.2. The number of para-hydroxylation sites is 2. The third kappa shape index (κ3) is 4.02. The molecule has 3 aromatic rings. The number of fused-ring (bicyclic) bond motifs is 1. The van der Waals surface area contributed by atoms with Gasteiger partial charge in [0.2, 0.25) is 5.16 Å². The van der Waals surface area contributed by atoms with Crippen molar-refractivity contribution in [3.05, 3.63) is 47.0 Å². The minimum atomic E-state index is 0.552. The molecule has 4 rings (SSSR count). The summed E-state index contributed by atoms with van der Waals surface area (Å²) in [5, 5.41) is 13.3. The van der Waals surface area contributed by atoms with Crippen molar-refractivity contribution in [2.24, 2.45) is 0 Å². The summed E-state index contributed by atoms with van der Waals surface area (Å²) in [6.07, 6.45) is 0.836. The molecule has 0 atom stereocenters. The van der Waals surface area contributed by atoms with Gasteiger partial charge in [0.15, 0.2) is 11.5 Å². The average Bonchev–Trinajstić information content (AvgIpc) is 3.03. The van der Waals surface area contributed by atoms with Crippen LogP contribution in [0.5, 0.6) is 17.2 Å². The Morgan fingerprint density at radius 3 is 2.96 bits per heavy atom. The van der Waals surface area contributed by atoms with Crippen LogP contribution >= 0.6 is 23.4 Å². The van der Waals surface area contributed by atoms with Crippen LogP contribution in [0, 0.1) is 0 Å². The normalized spacial score (nSPS) is 13.2. The van der Waals surface area contributed by atoms with E-state index in [4.69, 9.17) is 25.8 Å². The number of hydrogen-bond acceptors (Lipinski definition) is 7. The van der Waals surface area contributed by atoms with Gasteiger partial charge in [-0.2, -0.15) is 4.68 Å². The highest BCUT2D eigenvalue weighted by molar-refractivity contribution is 7.98. The Morgan fingerprint density at radius 2 is 2.07 bits per heavy atom. The molecular weight excluding hydrogens is 400 g/mol. The van der Waals surface area contributed by atoms with Crippen molar-refractivity contribution in [3.63, 3.8) is 0 Å². The summed E-state index contributed by atoms with van der Waals surface area (Å²) in [4.78, 5) is 0. The molecule has 2 heterocycles. The summed E-state index contributed by atoms with van der Waals surface area (Å²) < 4.78 is 18.8. The number of halogens is 1. The lowest BCUT2D eigenvalue weighted by molar-refractivity contribution is 0.297. The first-order chi connectivity index (χ1) is 13.8. The molecule has 0 saturated carbocycles. The first-order valence-electron chi connectivity index (χ1n) is 8.97. The fourth-order valence-electron chi connectivity index (χ4n) is 2.85. The summed E-state index contributed by atoms with van der Waals surface area (Å²) in [6, 6.07) is 11.5. The van der Waals surface area contributed by atoms with Gasteiger partial charge in [0.25, 0.3) is 0 Å². The second kappa shape index (κ2) is 8.70. The molecule has 146 valence electrons. The molecule has 2 aromatic carbocycles. The molecule has 0 bridgehead atoms. The number of rotatable bonds is 6. The topological polar surface area (TPSA) is 71.3 Å². The zero-order chi connectivity index (χ0) is 19.3. The van der Waals surface area contributed by atoms with Gasteiger partial charge in [-0.15, -0.1) is 5.10 Å². The number of thioether (sulfide) groups is 1. The Hall–Kier alpha value is -2.45. The second-order valence-electron chi connectivity index (χ2n) is 6.02. The van der Waals surface area contributed by atoms with Crippen molar-refractivity contribution in [2.45, 2.75) is 24.3 Å². The van der Waals surface area contributed by atoms with Gasteiger partial charge in [-0.1, -0.05) is 35.5 Å². The molecule has 0 radical (unpaired) electrons. The zero-order valence-corrected chi connectivity index (χ0v) is 16.9. The van der Waals surface area contributed by atoms with Crippen LogP contribution in [-0.2, 0) is 5.75 Å². The first kappa shape index (κ1) is 18.9. The zero-order valence-electron chi connectivity index (χ0n) is 15.3. The van der Waals surface area contributed by atoms with Crippen LogP contribution < -0.4 is 14.2 Å². The highest BCUT2D eigenvalue weighted by Crippen LogP contribution is 2.39. The van der Waals surface area contributed by atoms with Gasteiger partial charge in [-0.05, 0) is 47.2 Å². The van der Waals surface area contributed by atoms with Crippen molar-refractivity contribution in [3.8, 4) is 22.9 Å². The van der Waals surface area contributed by atoms with E-state index in [0.717, 1.165) is 23.4 Å². The monoisotopic (exact) mass is 418 g/mol. The Balaban J connectivity index is 1.55. The quantitative estimate of drug-likeness (QED) is 0.556. The molecule has 0 aliphatic carbocycles. The van der Waals surface area contributed by atoms with Crippen LogP contribution in [0.4, 0.5) is 0 Å². The van der Waals surface area contributed by atoms with Gasteiger partial charge in [-0.3, -0.25) is 0 Å². The average molecular weight is 419 g/mol. The van der Waals surface area contributed by atoms with Crippen molar-refractivity contribution >= 4 is 23.4 Å². The third-order valence-electron chi connectivity index (χ3n) is 4.06. The van der Waals surface area contributed by atoms with Crippen molar-refractivity contribution in [2.75, 3.05) is 19.8 Å². The minimum absolute atomic E-state index is 0.552. The Labute approximate surface area is 171 Å². The largest absolute Gasteiger partial charge is 0.492 e. The summed E-state index contributed by atoms with van der Waals surface area (Å²) >= 11 is 7.90. The molecule has 7 nitrogen and oxygen atoms in total. The van der Waals surface area contributed by atoms with E-state index in [1.165, 1.54) is 11.8 Å². The molecule has 0 unspecified atom stereocenters. The SMILES string of the molecule is CCOc1ccccc1-n1nnnc1SCc1cc(Cl)c2c(c1)OCCCO2. The van der Waals surface area contributed by atoms with Crippen molar-refractivity contribution < 1.29 is 14.2 Å². The van der Waals surface area contributed by atoms with Gasteiger partial charge >= 0.3 is 0 Å². The second-order valence-corrected chi connectivity index (χ2v) is 7.37. The third-order valence-corrected chi connectivity index (χ3v) is 5.34. The number of aromatic nitrogens is 4. The van der Waals surface area contributed by atoms with E-state index in [9.17, 15) is 0 Å². The number of ether oxygens (including phenoxy) is 3. The van der Waals surface area contributed by atoms with E-state index < -0.39 is 0 Å². The van der Waals surface area contributed by atoms with Gasteiger partial charge in [0.1, 0.15) is 11.4 Å². The Morgan fingerprint density at radius 1 is 1.21 bits per heavy atom. The highest BCUT2D eigenvalue weighted by atomic mass is 35.5. The first-order valence-corrected chi connectivity index (χ1v) is 10.3. The van der Waals surface area contributed by atoms with Crippen LogP contribution in [0.2, 0.25) is 5.02 Å². The molecule has 0 spiro atoms. The van der Waals surface area contributed by atoms with Gasteiger partial charge in [0, 0.05) is 12.2 Å². The maximum Gasteiger partial charge on any atom is 0.214 e. The summed E-state index contributed by atoms with van der Waals surface area (Å²) in [6.45, 7) is 3.73. The molecular formula is C19H19ClN4O3S. The lowest BCUT2D eigenvalue weighted by Crippen LogP contribution is -2.03. The predicted molar refractivity (Wildman–Crippen MR) is 107 cm³/mol. The number of tetrazole rings is 1. The number of benzene rings is 2. The Kier molecular flexibility index (Phi) is 5.87. The van der Waals surface area contributed by atoms with E-state index in [1.807, 2.05) is 43.3 Å². The standard InChI is InChI=1S/C19H19ClN4O3S/c1-2-25-16-7-4-3-6-15(16)24-19(21-22-23-24)28-12-13-10-14(20)18-17(11-13)26-8-5-9-27-18/h3-4,6-7,10-11H,2,5,8-9,12H2,1H3. The fraction of sp³-hybridized carbons (Fsp3) is 0.316. The molecule has 9 heteroatoms. The van der Waals surface area contributed by atoms with Crippen LogP contribution in [0.3, 0.4) is 0 Å². The minimum Gasteiger partial charge on any atom is -0.492 e. The molecule has 0 amide bonds. The van der Waals surface area contributed by atoms with E-state index >= 15 is 0 Å². The lowest BCUT2D eigenvalue weighted by Gasteiger charge is -2.12. The number of hydrogen-bond donors (Lipinski definition) is 0. The summed E-state index contributed by atoms with van der Waals surface area (Å²) in [7, 11) is 0. The van der Waals surface area contributed by atoms with E-state index in [-0.39, 0.29) is 0 Å². The van der Waals surface area contributed by atoms with Crippen LogP contribution in [0.25, 0.3) is 5.69 Å². The summed E-state index contributed by atoms with van der Waals surface area (Å²) in [5.41, 5.74) is 1.81. The van der Waals surface area contributed by atoms with Crippen molar-refractivity contribution in [1.82, 2.24) is 20.2 Å². The number of nitrogens with zero attached hydrogens (tertiary/aromatic N) is 4. The van der Waals surface area contributed by atoms with E-state index in [1.54, 1.807) is 4.68 Å². The molecule has 1 aliphatic heterocycles. The molecule has 0 fully saturated rings. The van der Waals surface area contributed by atoms with Gasteiger partial charge in [0.05, 0.1) is 24.8 Å². The molecule has 28 heavy (non-hydrogen) atoms. The van der Waals surface area contributed by atoms with Crippen LogP contribution in [0.1, 0.15) is 18.9 Å². The highest BCUT2D eigenvalue weighted by Gasteiger charge is 2.17. The van der Waals surface area contributed by atoms with E-state index in [0.29, 0.717) is 47.3 Å². The predicted octanol–water partition coefficient (Wildman–Crippen LogP) is 4.17. The van der Waals surface area contributed by atoms with Crippen LogP contribution in [-0.4, -0.2) is 40.0 Å². The molecule has 0 N–H and O–H groups in total. The van der Waals surface area contributed by atoms with Gasteiger partial charge in [-0.25, -0.2) is 0 Å². The van der Waals surface area contributed by atoms with Crippen molar-refractivity contribution in [1.29, 1.82) is 0 Å². The van der Waals surface area contributed by atoms with E-state index in [2.05, 4.69) is 15.5 Å². The molecule has 1 aromatic heterocycles. The maximum absolute atomic E-state index is 6.39. The fourth-order valence-corrected chi connectivity index (χ4v) is 3.95. The van der Waals surface area contributed by atoms with Crippen LogP contribution in [0.15, 0.2) is 41.6 Å². The maximum atomic E-state index is 6.39. The van der Waals surface area contributed by atoms with Gasteiger partial charge < -0.3 is 14.2 Å². The Bertz CT molecular complexity index is 966. The molecule has 0 saturated heterocycles.